The largest absolute Gasteiger partial charge is 0.395 e. The van der Waals surface area contributed by atoms with Crippen molar-refractivity contribution >= 4 is 11.6 Å². The predicted molar refractivity (Wildman–Crippen MR) is 77.5 cm³/mol. The van der Waals surface area contributed by atoms with Crippen molar-refractivity contribution in [2.24, 2.45) is 0 Å². The van der Waals surface area contributed by atoms with Crippen LogP contribution in [0.25, 0.3) is 0 Å². The number of aryl methyl sites for hydroxylation is 1. The summed E-state index contributed by atoms with van der Waals surface area (Å²) in [4.78, 5) is 4.41. The first-order valence-corrected chi connectivity index (χ1v) is 7.01. The van der Waals surface area contributed by atoms with Gasteiger partial charge >= 0.3 is 0 Å². The summed E-state index contributed by atoms with van der Waals surface area (Å²) in [5, 5.41) is 10.4. The van der Waals surface area contributed by atoms with Crippen LogP contribution in [0.1, 0.15) is 37.1 Å². The number of aromatic nitrogens is 2. The van der Waals surface area contributed by atoms with Crippen LogP contribution in [0.15, 0.2) is 36.7 Å². The van der Waals surface area contributed by atoms with E-state index in [9.17, 15) is 5.11 Å². The van der Waals surface area contributed by atoms with Gasteiger partial charge in [-0.25, -0.2) is 4.98 Å². The second-order valence-corrected chi connectivity index (χ2v) is 5.06. The molecule has 2 aromatic rings. The lowest BCUT2D eigenvalue weighted by atomic mass is 9.99. The Kier molecular flexibility index (Phi) is 5.00. The monoisotopic (exact) mass is 278 g/mol. The molecule has 0 amide bonds. The van der Waals surface area contributed by atoms with Crippen molar-refractivity contribution in [1.82, 2.24) is 9.55 Å². The average Bonchev–Trinajstić information content (AvgIpc) is 2.88. The number of aliphatic hydroxyl groups excluding tert-OH is 1. The van der Waals surface area contributed by atoms with E-state index in [1.54, 1.807) is 6.20 Å². The van der Waals surface area contributed by atoms with Gasteiger partial charge in [-0.15, -0.1) is 0 Å². The van der Waals surface area contributed by atoms with Crippen molar-refractivity contribution in [3.05, 3.63) is 53.1 Å². The molecule has 0 aliphatic carbocycles. The van der Waals surface area contributed by atoms with E-state index in [2.05, 4.69) is 16.5 Å². The Morgan fingerprint density at radius 2 is 2.05 bits per heavy atom. The van der Waals surface area contributed by atoms with Gasteiger partial charge in [0.2, 0.25) is 0 Å². The highest BCUT2D eigenvalue weighted by Gasteiger charge is 2.18. The molecule has 0 radical (unpaired) electrons. The van der Waals surface area contributed by atoms with Gasteiger partial charge < -0.3 is 9.67 Å². The van der Waals surface area contributed by atoms with E-state index in [4.69, 9.17) is 11.6 Å². The summed E-state index contributed by atoms with van der Waals surface area (Å²) in [5.41, 5.74) is 1.04. The lowest BCUT2D eigenvalue weighted by Gasteiger charge is -2.16. The van der Waals surface area contributed by atoms with E-state index in [0.717, 1.165) is 30.8 Å². The van der Waals surface area contributed by atoms with Gasteiger partial charge in [0.05, 0.1) is 12.5 Å². The third-order valence-electron chi connectivity index (χ3n) is 3.27. The molecule has 19 heavy (non-hydrogen) atoms. The van der Waals surface area contributed by atoms with Crippen molar-refractivity contribution in [3.63, 3.8) is 0 Å². The summed E-state index contributed by atoms with van der Waals surface area (Å²) in [6.45, 7) is 3.15. The van der Waals surface area contributed by atoms with Crippen LogP contribution in [-0.4, -0.2) is 21.3 Å². The van der Waals surface area contributed by atoms with Gasteiger partial charge in [0.15, 0.2) is 0 Å². The van der Waals surface area contributed by atoms with Gasteiger partial charge in [0, 0.05) is 24.0 Å². The normalized spacial score (nSPS) is 12.6. The van der Waals surface area contributed by atoms with Gasteiger partial charge in [-0.2, -0.15) is 0 Å². The fraction of sp³-hybridized carbons (Fsp3) is 0.400. The molecule has 1 heterocycles. The van der Waals surface area contributed by atoms with Crippen LogP contribution in [0.3, 0.4) is 0 Å². The van der Waals surface area contributed by atoms with Crippen LogP contribution < -0.4 is 0 Å². The zero-order valence-electron chi connectivity index (χ0n) is 11.1. The summed E-state index contributed by atoms with van der Waals surface area (Å²) in [6, 6.07) is 7.59. The molecule has 0 saturated carbocycles. The van der Waals surface area contributed by atoms with Crippen LogP contribution in [0, 0.1) is 0 Å². The molecule has 0 saturated heterocycles. The molecule has 3 nitrogen and oxygen atoms in total. The van der Waals surface area contributed by atoms with Crippen LogP contribution in [0.4, 0.5) is 0 Å². The van der Waals surface area contributed by atoms with E-state index in [0.29, 0.717) is 5.02 Å². The molecule has 0 bridgehead atoms. The Morgan fingerprint density at radius 1 is 1.32 bits per heavy atom. The zero-order valence-corrected chi connectivity index (χ0v) is 11.8. The Labute approximate surface area is 118 Å². The van der Waals surface area contributed by atoms with Gasteiger partial charge in [0.25, 0.3) is 0 Å². The number of hydrogen-bond acceptors (Lipinski definition) is 2. The van der Waals surface area contributed by atoms with Gasteiger partial charge in [0.1, 0.15) is 5.82 Å². The minimum absolute atomic E-state index is 0.0464. The minimum Gasteiger partial charge on any atom is -0.395 e. The molecule has 1 N–H and O–H groups in total. The Hall–Kier alpha value is -1.32. The smallest absolute Gasteiger partial charge is 0.118 e. The number of aliphatic hydroxyl groups is 1. The SMILES string of the molecule is CCCCn1ccnc1C(CO)c1ccc(Cl)cc1. The fourth-order valence-electron chi connectivity index (χ4n) is 2.18. The molecule has 0 spiro atoms. The lowest BCUT2D eigenvalue weighted by Crippen LogP contribution is -2.13. The first-order valence-electron chi connectivity index (χ1n) is 6.63. The van der Waals surface area contributed by atoms with Gasteiger partial charge in [-0.05, 0) is 24.1 Å². The molecule has 4 heteroatoms. The highest BCUT2D eigenvalue weighted by Crippen LogP contribution is 2.24. The summed E-state index contributed by atoms with van der Waals surface area (Å²) in [6.07, 6.45) is 6.03. The minimum atomic E-state index is -0.0934. The third-order valence-corrected chi connectivity index (χ3v) is 3.52. The van der Waals surface area contributed by atoms with Crippen LogP contribution in [-0.2, 0) is 6.54 Å². The molecule has 1 unspecified atom stereocenters. The number of nitrogens with zero attached hydrogens (tertiary/aromatic N) is 2. The van der Waals surface area contributed by atoms with Crippen molar-refractivity contribution < 1.29 is 5.11 Å². The lowest BCUT2D eigenvalue weighted by molar-refractivity contribution is 0.274. The Morgan fingerprint density at radius 3 is 2.68 bits per heavy atom. The Bertz CT molecular complexity index is 507. The number of imidazole rings is 1. The number of rotatable bonds is 6. The molecule has 1 atom stereocenters. The predicted octanol–water partition coefficient (Wildman–Crippen LogP) is 3.46. The van der Waals surface area contributed by atoms with Gasteiger partial charge in [-0.3, -0.25) is 0 Å². The quantitative estimate of drug-likeness (QED) is 0.879. The van der Waals surface area contributed by atoms with E-state index in [1.807, 2.05) is 30.5 Å². The summed E-state index contributed by atoms with van der Waals surface area (Å²) < 4.78 is 2.12. The third kappa shape index (κ3) is 3.37. The molecule has 2 rings (SSSR count). The van der Waals surface area contributed by atoms with Gasteiger partial charge in [-0.1, -0.05) is 37.1 Å². The maximum Gasteiger partial charge on any atom is 0.118 e. The summed E-state index contributed by atoms with van der Waals surface area (Å²) >= 11 is 5.90. The van der Waals surface area contributed by atoms with E-state index in [1.165, 1.54) is 0 Å². The number of hydrogen-bond donors (Lipinski definition) is 1. The molecule has 0 aliphatic heterocycles. The second kappa shape index (κ2) is 6.73. The summed E-state index contributed by atoms with van der Waals surface area (Å²) in [5.74, 6) is 0.822. The maximum absolute atomic E-state index is 9.68. The average molecular weight is 279 g/mol. The fourth-order valence-corrected chi connectivity index (χ4v) is 2.31. The highest BCUT2D eigenvalue weighted by molar-refractivity contribution is 6.30. The molecule has 0 fully saturated rings. The standard InChI is InChI=1S/C15H19ClN2O/c1-2-3-9-18-10-8-17-15(18)14(11-19)12-4-6-13(16)7-5-12/h4-8,10,14,19H,2-3,9,11H2,1H3. The van der Waals surface area contributed by atoms with Crippen molar-refractivity contribution in [2.75, 3.05) is 6.61 Å². The van der Waals surface area contributed by atoms with E-state index >= 15 is 0 Å². The summed E-state index contributed by atoms with van der Waals surface area (Å²) in [7, 11) is 0. The molecule has 102 valence electrons. The van der Waals surface area contributed by atoms with Crippen LogP contribution in [0.2, 0.25) is 5.02 Å². The van der Waals surface area contributed by atoms with Crippen LogP contribution in [0.5, 0.6) is 0 Å². The Balaban J connectivity index is 2.26. The number of unbranched alkanes of at least 4 members (excludes halogenated alkanes) is 1. The number of halogens is 1. The second-order valence-electron chi connectivity index (χ2n) is 4.62. The van der Waals surface area contributed by atoms with E-state index < -0.39 is 0 Å². The van der Waals surface area contributed by atoms with Crippen LogP contribution >= 0.6 is 11.6 Å². The van der Waals surface area contributed by atoms with Crippen molar-refractivity contribution in [3.8, 4) is 0 Å². The topological polar surface area (TPSA) is 38.0 Å². The first-order chi connectivity index (χ1) is 9.26. The number of benzene rings is 1. The first kappa shape index (κ1) is 14.1. The molecule has 1 aromatic carbocycles. The zero-order chi connectivity index (χ0) is 13.7. The van der Waals surface area contributed by atoms with Crippen molar-refractivity contribution in [1.29, 1.82) is 0 Å². The molecular weight excluding hydrogens is 260 g/mol. The molecule has 1 aromatic heterocycles. The molecule has 0 aliphatic rings. The van der Waals surface area contributed by atoms with E-state index in [-0.39, 0.29) is 12.5 Å². The maximum atomic E-state index is 9.68. The molecular formula is C15H19ClN2O. The highest BCUT2D eigenvalue weighted by atomic mass is 35.5. The van der Waals surface area contributed by atoms with Crippen molar-refractivity contribution in [2.45, 2.75) is 32.2 Å².